The van der Waals surface area contributed by atoms with E-state index in [2.05, 4.69) is 0 Å². The molecule has 4 nitrogen and oxygen atoms in total. The van der Waals surface area contributed by atoms with Crippen molar-refractivity contribution in [2.45, 2.75) is 6.92 Å². The number of benzene rings is 3. The minimum absolute atomic E-state index is 0.0608. The lowest BCUT2D eigenvalue weighted by Gasteiger charge is -2.20. The molecule has 0 amide bonds. The SMILES string of the molecule is CC(=O)c1ccc(P(=O)(Oc2ccccc2)Oc2ccccc2)cc1. The van der Waals surface area contributed by atoms with Gasteiger partial charge < -0.3 is 9.05 Å². The summed E-state index contributed by atoms with van der Waals surface area (Å²) in [7, 11) is -3.68. The van der Waals surface area contributed by atoms with Crippen LogP contribution in [0.2, 0.25) is 0 Å². The third kappa shape index (κ3) is 4.17. The van der Waals surface area contributed by atoms with Crippen LogP contribution in [0.1, 0.15) is 17.3 Å². The number of para-hydroxylation sites is 2. The molecule has 25 heavy (non-hydrogen) atoms. The number of ketones is 1. The van der Waals surface area contributed by atoms with Crippen molar-refractivity contribution >= 4 is 18.7 Å². The molecule has 0 radical (unpaired) electrons. The molecule has 0 heterocycles. The maximum Gasteiger partial charge on any atom is 0.462 e. The van der Waals surface area contributed by atoms with Crippen molar-refractivity contribution in [3.05, 3.63) is 90.5 Å². The van der Waals surface area contributed by atoms with E-state index < -0.39 is 7.60 Å². The zero-order valence-electron chi connectivity index (χ0n) is 13.7. The van der Waals surface area contributed by atoms with Gasteiger partial charge in [0.2, 0.25) is 0 Å². The van der Waals surface area contributed by atoms with Crippen LogP contribution >= 0.6 is 7.60 Å². The van der Waals surface area contributed by atoms with Gasteiger partial charge in [0.25, 0.3) is 0 Å². The van der Waals surface area contributed by atoms with Gasteiger partial charge in [-0.3, -0.25) is 4.79 Å². The maximum atomic E-state index is 13.5. The Hall–Kier alpha value is -2.84. The van der Waals surface area contributed by atoms with E-state index in [9.17, 15) is 9.36 Å². The second kappa shape index (κ2) is 7.37. The molecule has 0 aliphatic rings. The van der Waals surface area contributed by atoms with E-state index in [0.29, 0.717) is 22.4 Å². The Bertz CT molecular complexity index is 844. The second-order valence-corrected chi connectivity index (χ2v) is 7.29. The van der Waals surface area contributed by atoms with Crippen molar-refractivity contribution in [2.75, 3.05) is 0 Å². The van der Waals surface area contributed by atoms with Crippen LogP contribution in [0.4, 0.5) is 0 Å². The van der Waals surface area contributed by atoms with E-state index in [1.807, 2.05) is 12.1 Å². The zero-order chi connectivity index (χ0) is 17.7. The van der Waals surface area contributed by atoms with Gasteiger partial charge in [-0.2, -0.15) is 0 Å². The molecule has 0 aliphatic carbocycles. The predicted octanol–water partition coefficient (Wildman–Crippen LogP) is 4.87. The standard InChI is InChI=1S/C20H17O4P/c1-16(21)17-12-14-20(15-13-17)25(22,23-18-8-4-2-5-9-18)24-19-10-6-3-7-11-19/h2-15H,1H3. The van der Waals surface area contributed by atoms with Gasteiger partial charge >= 0.3 is 7.60 Å². The molecule has 0 bridgehead atoms. The Morgan fingerprint density at radius 1 is 0.720 bits per heavy atom. The molecule has 0 aromatic heterocycles. The van der Waals surface area contributed by atoms with Crippen LogP contribution in [0.5, 0.6) is 11.5 Å². The summed E-state index contributed by atoms with van der Waals surface area (Å²) in [6.45, 7) is 1.48. The average molecular weight is 352 g/mol. The van der Waals surface area contributed by atoms with Crippen molar-refractivity contribution < 1.29 is 18.4 Å². The van der Waals surface area contributed by atoms with Gasteiger partial charge in [0.1, 0.15) is 11.5 Å². The molecule has 5 heteroatoms. The molecule has 0 N–H and O–H groups in total. The molecule has 126 valence electrons. The Morgan fingerprint density at radius 2 is 1.16 bits per heavy atom. The van der Waals surface area contributed by atoms with Crippen molar-refractivity contribution in [3.63, 3.8) is 0 Å². The number of carbonyl (C=O) groups excluding carboxylic acids is 1. The molecular formula is C20H17O4P. The number of hydrogen-bond acceptors (Lipinski definition) is 4. The fourth-order valence-corrected chi connectivity index (χ4v) is 3.80. The lowest BCUT2D eigenvalue weighted by atomic mass is 10.2. The van der Waals surface area contributed by atoms with Crippen LogP contribution in [0.15, 0.2) is 84.9 Å². The predicted molar refractivity (Wildman–Crippen MR) is 97.8 cm³/mol. The van der Waals surface area contributed by atoms with Crippen molar-refractivity contribution in [3.8, 4) is 11.5 Å². The van der Waals surface area contributed by atoms with Gasteiger partial charge in [0.15, 0.2) is 5.78 Å². The lowest BCUT2D eigenvalue weighted by molar-refractivity contribution is 0.101. The minimum Gasteiger partial charge on any atom is -0.413 e. The van der Waals surface area contributed by atoms with Crippen LogP contribution in [-0.4, -0.2) is 5.78 Å². The molecule has 3 aromatic rings. The highest BCUT2D eigenvalue weighted by atomic mass is 31.2. The zero-order valence-corrected chi connectivity index (χ0v) is 14.6. The maximum absolute atomic E-state index is 13.5. The summed E-state index contributed by atoms with van der Waals surface area (Å²) in [5.41, 5.74) is 0.537. The number of Topliss-reactive ketones (excluding diaryl/α,β-unsaturated/α-hetero) is 1. The van der Waals surface area contributed by atoms with Crippen LogP contribution in [0.25, 0.3) is 0 Å². The molecule has 0 saturated carbocycles. The van der Waals surface area contributed by atoms with Gasteiger partial charge in [0, 0.05) is 5.56 Å². The van der Waals surface area contributed by atoms with Crippen molar-refractivity contribution in [1.82, 2.24) is 0 Å². The highest BCUT2D eigenvalue weighted by Crippen LogP contribution is 2.47. The quantitative estimate of drug-likeness (QED) is 0.469. The summed E-state index contributed by atoms with van der Waals surface area (Å²) in [5.74, 6) is 0.823. The Morgan fingerprint density at radius 3 is 1.56 bits per heavy atom. The third-order valence-corrected chi connectivity index (χ3v) is 5.36. The van der Waals surface area contributed by atoms with Gasteiger partial charge in [-0.05, 0) is 43.3 Å². The molecule has 0 atom stereocenters. The van der Waals surface area contributed by atoms with Crippen molar-refractivity contribution in [2.24, 2.45) is 0 Å². The highest BCUT2D eigenvalue weighted by molar-refractivity contribution is 7.63. The first-order chi connectivity index (χ1) is 12.1. The molecule has 3 aromatic carbocycles. The fraction of sp³-hybridized carbons (Fsp3) is 0.0500. The van der Waals surface area contributed by atoms with Gasteiger partial charge in [0.05, 0.1) is 5.30 Å². The second-order valence-electron chi connectivity index (χ2n) is 5.41. The van der Waals surface area contributed by atoms with Crippen LogP contribution in [0, 0.1) is 0 Å². The number of hydrogen-bond donors (Lipinski definition) is 0. The van der Waals surface area contributed by atoms with E-state index in [1.54, 1.807) is 72.8 Å². The molecule has 3 rings (SSSR count). The summed E-state index contributed by atoms with van der Waals surface area (Å²) >= 11 is 0. The smallest absolute Gasteiger partial charge is 0.413 e. The summed E-state index contributed by atoms with van der Waals surface area (Å²) < 4.78 is 25.0. The first kappa shape index (κ1) is 17.0. The molecular weight excluding hydrogens is 335 g/mol. The van der Waals surface area contributed by atoms with E-state index in [0.717, 1.165) is 0 Å². The summed E-state index contributed by atoms with van der Waals surface area (Å²) in [4.78, 5) is 11.5. The van der Waals surface area contributed by atoms with E-state index in [-0.39, 0.29) is 5.78 Å². The summed E-state index contributed by atoms with van der Waals surface area (Å²) in [6.07, 6.45) is 0. The first-order valence-electron chi connectivity index (χ1n) is 7.78. The molecule has 0 saturated heterocycles. The topological polar surface area (TPSA) is 52.6 Å². The minimum atomic E-state index is -3.68. The molecule has 0 aliphatic heterocycles. The van der Waals surface area contributed by atoms with E-state index >= 15 is 0 Å². The lowest BCUT2D eigenvalue weighted by Crippen LogP contribution is -2.15. The molecule has 0 spiro atoms. The van der Waals surface area contributed by atoms with E-state index in [1.165, 1.54) is 6.92 Å². The van der Waals surface area contributed by atoms with Crippen LogP contribution in [-0.2, 0) is 4.57 Å². The van der Waals surface area contributed by atoms with Gasteiger partial charge in [-0.25, -0.2) is 4.57 Å². The fourth-order valence-electron chi connectivity index (χ4n) is 2.24. The number of carbonyl (C=O) groups is 1. The van der Waals surface area contributed by atoms with Gasteiger partial charge in [-0.15, -0.1) is 0 Å². The molecule has 0 unspecified atom stereocenters. The van der Waals surface area contributed by atoms with Crippen LogP contribution < -0.4 is 14.4 Å². The number of rotatable bonds is 6. The monoisotopic (exact) mass is 352 g/mol. The Labute approximate surface area is 146 Å². The Kier molecular flexibility index (Phi) is 5.01. The van der Waals surface area contributed by atoms with E-state index in [4.69, 9.17) is 9.05 Å². The van der Waals surface area contributed by atoms with Gasteiger partial charge in [-0.1, -0.05) is 48.5 Å². The first-order valence-corrected chi connectivity index (χ1v) is 9.32. The molecule has 0 fully saturated rings. The van der Waals surface area contributed by atoms with Crippen molar-refractivity contribution in [1.29, 1.82) is 0 Å². The normalized spacial score (nSPS) is 10.9. The Balaban J connectivity index is 1.98. The average Bonchev–Trinajstić information content (AvgIpc) is 2.63. The third-order valence-electron chi connectivity index (χ3n) is 3.53. The highest BCUT2D eigenvalue weighted by Gasteiger charge is 2.31. The summed E-state index contributed by atoms with van der Waals surface area (Å²) in [6, 6.07) is 24.2. The van der Waals surface area contributed by atoms with Crippen LogP contribution in [0.3, 0.4) is 0 Å². The largest absolute Gasteiger partial charge is 0.462 e. The summed E-state index contributed by atoms with van der Waals surface area (Å²) in [5, 5.41) is 0.380.